The van der Waals surface area contributed by atoms with Gasteiger partial charge in [-0.15, -0.1) is 0 Å². The number of fused-ring (bicyclic) bond motifs is 1. The van der Waals surface area contributed by atoms with Crippen molar-refractivity contribution in [1.82, 2.24) is 24.2 Å². The van der Waals surface area contributed by atoms with Crippen molar-refractivity contribution in [3.63, 3.8) is 0 Å². The average molecular weight is 467 g/mol. The number of hydrogen-bond acceptors (Lipinski definition) is 6. The Hall–Kier alpha value is -2.30. The maximum Gasteiger partial charge on any atom is 0.216 e. The average Bonchev–Trinajstić information content (AvgIpc) is 3.16. The third kappa shape index (κ3) is 4.51. The Morgan fingerprint density at radius 1 is 1.35 bits per heavy atom. The smallest absolute Gasteiger partial charge is 0.216 e. The van der Waals surface area contributed by atoms with Gasteiger partial charge in [0, 0.05) is 43.0 Å². The molecule has 8 nitrogen and oxygen atoms in total. The van der Waals surface area contributed by atoms with Gasteiger partial charge in [-0.25, -0.2) is 32.1 Å². The number of aromatic nitrogens is 4. The zero-order valence-electron chi connectivity index (χ0n) is 17.3. The summed E-state index contributed by atoms with van der Waals surface area (Å²) in [6.45, 7) is 4.73. The lowest BCUT2D eigenvalue weighted by atomic mass is 10.00. The third-order valence-electron chi connectivity index (χ3n) is 5.48. The standard InChI is InChI=1S/C20H24ClFN6O2S/c1-12(2)31(29,30)28-5-3-4-13(11-28)7-23-20-17(22)10-26-19(27-20)16-9-25-18-15(16)6-14(21)8-24-18/h6,8-10,12-13H,3-5,7,11H2,1-2H3,(H,24,25)(H,23,26,27). The van der Waals surface area contributed by atoms with Crippen molar-refractivity contribution >= 4 is 38.5 Å². The van der Waals surface area contributed by atoms with Crippen LogP contribution in [0.15, 0.2) is 24.7 Å². The van der Waals surface area contributed by atoms with Crippen LogP contribution in [0.3, 0.4) is 0 Å². The van der Waals surface area contributed by atoms with E-state index < -0.39 is 21.1 Å². The fraction of sp³-hybridized carbons (Fsp3) is 0.450. The number of piperidine rings is 1. The SMILES string of the molecule is CC(C)S(=O)(=O)N1CCCC(CNc2nc(-c3c[nH]c4ncc(Cl)cc34)ncc2F)C1. The fourth-order valence-corrected chi connectivity index (χ4v) is 5.30. The molecule has 3 aromatic heterocycles. The molecule has 31 heavy (non-hydrogen) atoms. The van der Waals surface area contributed by atoms with Crippen LogP contribution in [0, 0.1) is 11.7 Å². The van der Waals surface area contributed by atoms with E-state index in [0.717, 1.165) is 24.4 Å². The van der Waals surface area contributed by atoms with Gasteiger partial charge in [0.05, 0.1) is 16.5 Å². The quantitative estimate of drug-likeness (QED) is 0.574. The monoisotopic (exact) mass is 466 g/mol. The highest BCUT2D eigenvalue weighted by atomic mass is 35.5. The Bertz CT molecular complexity index is 1200. The molecule has 166 valence electrons. The van der Waals surface area contributed by atoms with Gasteiger partial charge in [-0.2, -0.15) is 0 Å². The lowest BCUT2D eigenvalue weighted by Crippen LogP contribution is -2.44. The molecule has 1 fully saturated rings. The summed E-state index contributed by atoms with van der Waals surface area (Å²) in [6, 6.07) is 1.75. The molecule has 0 aliphatic carbocycles. The van der Waals surface area contributed by atoms with Crippen molar-refractivity contribution in [3.8, 4) is 11.4 Å². The number of halogens is 2. The lowest BCUT2D eigenvalue weighted by Gasteiger charge is -2.33. The van der Waals surface area contributed by atoms with Crippen LogP contribution >= 0.6 is 11.6 Å². The highest BCUT2D eigenvalue weighted by molar-refractivity contribution is 7.89. The summed E-state index contributed by atoms with van der Waals surface area (Å²) in [4.78, 5) is 15.7. The Balaban J connectivity index is 1.51. The van der Waals surface area contributed by atoms with Crippen LogP contribution in [0.5, 0.6) is 0 Å². The maximum absolute atomic E-state index is 14.4. The Morgan fingerprint density at radius 3 is 2.94 bits per heavy atom. The van der Waals surface area contributed by atoms with Crippen LogP contribution < -0.4 is 5.32 Å². The Morgan fingerprint density at radius 2 is 2.16 bits per heavy atom. The zero-order chi connectivity index (χ0) is 22.2. The van der Waals surface area contributed by atoms with Gasteiger partial charge in [0.25, 0.3) is 0 Å². The van der Waals surface area contributed by atoms with E-state index >= 15 is 0 Å². The van der Waals surface area contributed by atoms with Gasteiger partial charge in [0.1, 0.15) is 5.65 Å². The van der Waals surface area contributed by atoms with E-state index in [9.17, 15) is 12.8 Å². The molecular weight excluding hydrogens is 443 g/mol. The Kier molecular flexibility index (Phi) is 6.14. The molecule has 1 atom stereocenters. The summed E-state index contributed by atoms with van der Waals surface area (Å²) in [5, 5.41) is 3.81. The van der Waals surface area contributed by atoms with Gasteiger partial charge in [-0.1, -0.05) is 11.6 Å². The number of nitrogens with zero attached hydrogens (tertiary/aromatic N) is 4. The largest absolute Gasteiger partial charge is 0.367 e. The molecule has 1 aliphatic heterocycles. The summed E-state index contributed by atoms with van der Waals surface area (Å²) in [7, 11) is -3.30. The van der Waals surface area contributed by atoms with Crippen molar-refractivity contribution in [2.75, 3.05) is 25.0 Å². The molecule has 2 N–H and O–H groups in total. The summed E-state index contributed by atoms with van der Waals surface area (Å²) in [5.74, 6) is -0.0801. The third-order valence-corrected chi connectivity index (χ3v) is 7.93. The Labute approximate surface area is 185 Å². The normalized spacial score (nSPS) is 18.0. The highest BCUT2D eigenvalue weighted by Gasteiger charge is 2.31. The molecule has 1 aliphatic rings. The first-order chi connectivity index (χ1) is 14.8. The summed E-state index contributed by atoms with van der Waals surface area (Å²) in [5.41, 5.74) is 1.30. The minimum atomic E-state index is -3.30. The maximum atomic E-state index is 14.4. The van der Waals surface area contributed by atoms with E-state index in [4.69, 9.17) is 11.6 Å². The number of H-pyrrole nitrogens is 1. The van der Waals surface area contributed by atoms with Gasteiger partial charge >= 0.3 is 0 Å². The molecule has 0 aromatic carbocycles. The molecule has 4 heterocycles. The summed E-state index contributed by atoms with van der Waals surface area (Å²) in [6.07, 6.45) is 6.01. The molecule has 1 saturated heterocycles. The topological polar surface area (TPSA) is 104 Å². The molecule has 0 saturated carbocycles. The van der Waals surface area contributed by atoms with Gasteiger partial charge in [0.2, 0.25) is 10.0 Å². The second kappa shape index (κ2) is 8.68. The van der Waals surface area contributed by atoms with Gasteiger partial charge in [-0.05, 0) is 38.7 Å². The number of anilines is 1. The van der Waals surface area contributed by atoms with E-state index in [-0.39, 0.29) is 11.7 Å². The molecule has 11 heteroatoms. The first kappa shape index (κ1) is 21.9. The highest BCUT2D eigenvalue weighted by Crippen LogP contribution is 2.28. The van der Waals surface area contributed by atoms with E-state index in [1.807, 2.05) is 0 Å². The van der Waals surface area contributed by atoms with Crippen LogP contribution in [0.25, 0.3) is 22.4 Å². The second-order valence-corrected chi connectivity index (χ2v) is 10.9. The number of rotatable bonds is 6. The van der Waals surface area contributed by atoms with Gasteiger partial charge in [0.15, 0.2) is 17.5 Å². The molecule has 3 aromatic rings. The van der Waals surface area contributed by atoms with E-state index in [2.05, 4.69) is 25.3 Å². The number of aromatic amines is 1. The number of nitrogens with one attached hydrogen (secondary N) is 2. The van der Waals surface area contributed by atoms with E-state index in [1.165, 1.54) is 10.5 Å². The molecule has 0 amide bonds. The van der Waals surface area contributed by atoms with Crippen LogP contribution in [-0.4, -0.2) is 57.5 Å². The zero-order valence-corrected chi connectivity index (χ0v) is 18.8. The second-order valence-electron chi connectivity index (χ2n) is 7.98. The predicted octanol–water partition coefficient (Wildman–Crippen LogP) is 3.67. The molecule has 0 bridgehead atoms. The first-order valence-electron chi connectivity index (χ1n) is 10.1. The minimum Gasteiger partial charge on any atom is -0.367 e. The molecule has 4 rings (SSSR count). The van der Waals surface area contributed by atoms with Crippen LogP contribution in [0.1, 0.15) is 26.7 Å². The van der Waals surface area contributed by atoms with Crippen LogP contribution in [0.2, 0.25) is 5.02 Å². The minimum absolute atomic E-state index is 0.0659. The molecule has 0 spiro atoms. The molecule has 1 unspecified atom stereocenters. The van der Waals surface area contributed by atoms with E-state index in [1.54, 1.807) is 26.1 Å². The molecular formula is C20H24ClFN6O2S. The molecule has 0 radical (unpaired) electrons. The summed E-state index contributed by atoms with van der Waals surface area (Å²) >= 11 is 6.05. The fourth-order valence-electron chi connectivity index (χ4n) is 3.75. The van der Waals surface area contributed by atoms with Crippen LogP contribution in [-0.2, 0) is 10.0 Å². The van der Waals surface area contributed by atoms with Crippen molar-refractivity contribution in [3.05, 3.63) is 35.5 Å². The number of pyridine rings is 1. The van der Waals surface area contributed by atoms with Gasteiger partial charge in [-0.3, -0.25) is 0 Å². The first-order valence-corrected chi connectivity index (χ1v) is 12.0. The van der Waals surface area contributed by atoms with Crippen molar-refractivity contribution in [1.29, 1.82) is 0 Å². The van der Waals surface area contributed by atoms with Crippen molar-refractivity contribution in [2.45, 2.75) is 31.9 Å². The van der Waals surface area contributed by atoms with Gasteiger partial charge < -0.3 is 10.3 Å². The summed E-state index contributed by atoms with van der Waals surface area (Å²) < 4.78 is 40.9. The number of sulfonamides is 1. The van der Waals surface area contributed by atoms with Crippen LogP contribution in [0.4, 0.5) is 10.2 Å². The van der Waals surface area contributed by atoms with Crippen molar-refractivity contribution < 1.29 is 12.8 Å². The number of hydrogen-bond donors (Lipinski definition) is 2. The van der Waals surface area contributed by atoms with Crippen molar-refractivity contribution in [2.24, 2.45) is 5.92 Å². The predicted molar refractivity (Wildman–Crippen MR) is 119 cm³/mol. The lowest BCUT2D eigenvalue weighted by molar-refractivity contribution is 0.273. The van der Waals surface area contributed by atoms with E-state index in [0.29, 0.717) is 41.7 Å².